The first-order valence-electron chi connectivity index (χ1n) is 6.71. The molecule has 0 saturated carbocycles. The average Bonchev–Trinajstić information content (AvgIpc) is 2.99. The maximum absolute atomic E-state index is 5.75. The van der Waals surface area contributed by atoms with Gasteiger partial charge in [-0.2, -0.15) is 15.0 Å². The van der Waals surface area contributed by atoms with Crippen molar-refractivity contribution in [3.63, 3.8) is 0 Å². The van der Waals surface area contributed by atoms with Gasteiger partial charge in [0, 0.05) is 19.2 Å². The van der Waals surface area contributed by atoms with Crippen LogP contribution in [0.3, 0.4) is 0 Å². The molecule has 8 nitrogen and oxygen atoms in total. The van der Waals surface area contributed by atoms with Crippen LogP contribution >= 0.6 is 0 Å². The van der Waals surface area contributed by atoms with E-state index in [1.807, 2.05) is 0 Å². The zero-order valence-corrected chi connectivity index (χ0v) is 11.1. The van der Waals surface area contributed by atoms with Crippen molar-refractivity contribution in [2.45, 2.75) is 25.8 Å². The van der Waals surface area contributed by atoms with Crippen molar-refractivity contribution in [1.29, 1.82) is 0 Å². The summed E-state index contributed by atoms with van der Waals surface area (Å²) < 4.78 is 5.01. The predicted octanol–water partition coefficient (Wildman–Crippen LogP) is 1.04. The Hall–Kier alpha value is -2.38. The van der Waals surface area contributed by atoms with E-state index in [1.165, 1.54) is 6.42 Å². The molecule has 20 heavy (non-hydrogen) atoms. The number of nitrogens with two attached hydrogens (primary N) is 1. The molecular formula is C12H17N7O. The highest BCUT2D eigenvalue weighted by Gasteiger charge is 2.15. The fourth-order valence-electron chi connectivity index (χ4n) is 2.19. The lowest BCUT2D eigenvalue weighted by atomic mass is 10.1. The second kappa shape index (κ2) is 5.72. The third-order valence-electron chi connectivity index (χ3n) is 3.19. The summed E-state index contributed by atoms with van der Waals surface area (Å²) in [7, 11) is 0. The van der Waals surface area contributed by atoms with Crippen LogP contribution in [0, 0.1) is 0 Å². The van der Waals surface area contributed by atoms with Gasteiger partial charge in [-0.1, -0.05) is 5.16 Å². The normalized spacial score (nSPS) is 15.3. The molecule has 1 saturated heterocycles. The molecule has 0 unspecified atom stereocenters. The van der Waals surface area contributed by atoms with Crippen LogP contribution < -0.4 is 16.0 Å². The van der Waals surface area contributed by atoms with E-state index in [1.54, 1.807) is 12.3 Å². The summed E-state index contributed by atoms with van der Waals surface area (Å²) in [4.78, 5) is 14.8. The molecule has 8 heteroatoms. The first kappa shape index (κ1) is 12.6. The van der Waals surface area contributed by atoms with Gasteiger partial charge < -0.3 is 20.5 Å². The summed E-state index contributed by atoms with van der Waals surface area (Å²) in [6, 6.07) is 1.78. The highest BCUT2D eigenvalue weighted by atomic mass is 16.5. The zero-order valence-electron chi connectivity index (χ0n) is 11.1. The minimum absolute atomic E-state index is 0.223. The lowest BCUT2D eigenvalue weighted by Crippen LogP contribution is -2.31. The van der Waals surface area contributed by atoms with Crippen LogP contribution in [0.1, 0.15) is 25.0 Å². The van der Waals surface area contributed by atoms with Crippen molar-refractivity contribution < 1.29 is 4.52 Å². The van der Waals surface area contributed by atoms with Crippen LogP contribution in [0.2, 0.25) is 0 Å². The standard InChI is InChI=1S/C12H17N7O/c13-10-16-11(14-8-9-4-5-15-20-9)18-12(17-10)19-6-2-1-3-7-19/h4-5H,1-3,6-8H2,(H3,13,14,16,17,18). The van der Waals surface area contributed by atoms with Crippen molar-refractivity contribution >= 4 is 17.8 Å². The van der Waals surface area contributed by atoms with Gasteiger partial charge in [0.15, 0.2) is 5.76 Å². The highest BCUT2D eigenvalue weighted by Crippen LogP contribution is 2.17. The summed E-state index contributed by atoms with van der Waals surface area (Å²) >= 11 is 0. The van der Waals surface area contributed by atoms with Gasteiger partial charge in [-0.05, 0) is 19.3 Å². The van der Waals surface area contributed by atoms with Crippen LogP contribution in [0.4, 0.5) is 17.8 Å². The molecule has 1 aliphatic rings. The predicted molar refractivity (Wildman–Crippen MR) is 74.1 cm³/mol. The molecule has 3 heterocycles. The minimum Gasteiger partial charge on any atom is -0.368 e. The molecule has 3 rings (SSSR count). The summed E-state index contributed by atoms with van der Waals surface area (Å²) in [5.74, 6) is 2.02. The zero-order chi connectivity index (χ0) is 13.8. The molecule has 2 aromatic heterocycles. The Morgan fingerprint density at radius 1 is 1.20 bits per heavy atom. The maximum Gasteiger partial charge on any atom is 0.231 e. The molecule has 1 fully saturated rings. The molecule has 0 aliphatic carbocycles. The number of piperidine rings is 1. The van der Waals surface area contributed by atoms with Gasteiger partial charge in [0.05, 0.1) is 12.7 Å². The smallest absolute Gasteiger partial charge is 0.231 e. The van der Waals surface area contributed by atoms with Gasteiger partial charge in [-0.3, -0.25) is 0 Å². The molecule has 106 valence electrons. The third kappa shape index (κ3) is 2.95. The number of nitrogens with one attached hydrogen (secondary N) is 1. The average molecular weight is 275 g/mol. The lowest BCUT2D eigenvalue weighted by Gasteiger charge is -2.26. The Morgan fingerprint density at radius 3 is 2.80 bits per heavy atom. The molecule has 2 aromatic rings. The molecule has 0 amide bonds. The molecule has 0 aromatic carbocycles. The number of anilines is 3. The van der Waals surface area contributed by atoms with E-state index in [-0.39, 0.29) is 5.95 Å². The van der Waals surface area contributed by atoms with Crippen LogP contribution in [0.15, 0.2) is 16.8 Å². The van der Waals surface area contributed by atoms with Gasteiger partial charge in [-0.25, -0.2) is 0 Å². The van der Waals surface area contributed by atoms with E-state index in [9.17, 15) is 0 Å². The van der Waals surface area contributed by atoms with Crippen molar-refractivity contribution in [2.24, 2.45) is 0 Å². The fraction of sp³-hybridized carbons (Fsp3) is 0.500. The van der Waals surface area contributed by atoms with E-state index in [0.29, 0.717) is 24.2 Å². The Labute approximate surface area is 116 Å². The number of nitrogens with zero attached hydrogens (tertiary/aromatic N) is 5. The molecular weight excluding hydrogens is 258 g/mol. The van der Waals surface area contributed by atoms with E-state index < -0.39 is 0 Å². The SMILES string of the molecule is Nc1nc(NCc2ccno2)nc(N2CCCCC2)n1. The second-order valence-electron chi connectivity index (χ2n) is 4.70. The summed E-state index contributed by atoms with van der Waals surface area (Å²) in [6.07, 6.45) is 5.17. The first-order chi connectivity index (χ1) is 9.81. The fourth-order valence-corrected chi connectivity index (χ4v) is 2.19. The van der Waals surface area contributed by atoms with Crippen molar-refractivity contribution in [1.82, 2.24) is 20.1 Å². The monoisotopic (exact) mass is 275 g/mol. The minimum atomic E-state index is 0.223. The maximum atomic E-state index is 5.75. The van der Waals surface area contributed by atoms with E-state index in [4.69, 9.17) is 10.3 Å². The summed E-state index contributed by atoms with van der Waals surface area (Å²) in [6.45, 7) is 2.39. The van der Waals surface area contributed by atoms with Gasteiger partial charge in [0.2, 0.25) is 17.8 Å². The Kier molecular flexibility index (Phi) is 3.62. The number of hydrogen-bond donors (Lipinski definition) is 2. The largest absolute Gasteiger partial charge is 0.368 e. The van der Waals surface area contributed by atoms with Crippen LogP contribution in [-0.4, -0.2) is 33.2 Å². The number of nitrogen functional groups attached to an aromatic ring is 1. The molecule has 0 atom stereocenters. The Balaban J connectivity index is 1.72. The number of rotatable bonds is 4. The van der Waals surface area contributed by atoms with Crippen LogP contribution in [-0.2, 0) is 6.54 Å². The molecule has 0 radical (unpaired) electrons. The van der Waals surface area contributed by atoms with E-state index in [2.05, 4.69) is 30.3 Å². The van der Waals surface area contributed by atoms with E-state index >= 15 is 0 Å². The first-order valence-corrected chi connectivity index (χ1v) is 6.71. The van der Waals surface area contributed by atoms with E-state index in [0.717, 1.165) is 25.9 Å². The highest BCUT2D eigenvalue weighted by molar-refractivity contribution is 5.42. The van der Waals surface area contributed by atoms with Crippen LogP contribution in [0.25, 0.3) is 0 Å². The molecule has 1 aliphatic heterocycles. The number of hydrogen-bond acceptors (Lipinski definition) is 8. The summed E-state index contributed by atoms with van der Waals surface area (Å²) in [5.41, 5.74) is 5.75. The molecule has 0 spiro atoms. The number of aromatic nitrogens is 4. The second-order valence-corrected chi connectivity index (χ2v) is 4.70. The van der Waals surface area contributed by atoms with Gasteiger partial charge in [0.1, 0.15) is 0 Å². The quantitative estimate of drug-likeness (QED) is 0.852. The Morgan fingerprint density at radius 2 is 2.05 bits per heavy atom. The van der Waals surface area contributed by atoms with Crippen molar-refractivity contribution in [3.05, 3.63) is 18.0 Å². The van der Waals surface area contributed by atoms with Gasteiger partial charge in [-0.15, -0.1) is 0 Å². The van der Waals surface area contributed by atoms with Crippen LogP contribution in [0.5, 0.6) is 0 Å². The molecule has 3 N–H and O–H groups in total. The summed E-state index contributed by atoms with van der Waals surface area (Å²) in [5, 5.41) is 6.71. The van der Waals surface area contributed by atoms with Crippen molar-refractivity contribution in [2.75, 3.05) is 29.0 Å². The van der Waals surface area contributed by atoms with Gasteiger partial charge >= 0.3 is 0 Å². The third-order valence-corrected chi connectivity index (χ3v) is 3.19. The molecule has 0 bridgehead atoms. The topological polar surface area (TPSA) is 106 Å². The van der Waals surface area contributed by atoms with Crippen molar-refractivity contribution in [3.8, 4) is 0 Å². The lowest BCUT2D eigenvalue weighted by molar-refractivity contribution is 0.387. The Bertz CT molecular complexity index is 551. The van der Waals surface area contributed by atoms with Gasteiger partial charge in [0.25, 0.3) is 0 Å².